The maximum atomic E-state index is 5.00. The van der Waals surface area contributed by atoms with Crippen molar-refractivity contribution in [2.45, 2.75) is 0 Å². The van der Waals surface area contributed by atoms with E-state index in [-0.39, 0.29) is 5.95 Å². The van der Waals surface area contributed by atoms with E-state index in [0.717, 1.165) is 0 Å². The fourth-order valence-corrected chi connectivity index (χ4v) is 0.678. The first kappa shape index (κ1) is 7.05. The van der Waals surface area contributed by atoms with Crippen LogP contribution in [0.5, 0.6) is 0 Å². The van der Waals surface area contributed by atoms with Crippen molar-refractivity contribution in [3.63, 3.8) is 0 Å². The van der Waals surface area contributed by atoms with E-state index in [4.69, 9.17) is 18.9 Å². The molecule has 1 fully saturated rings. The average molecular weight is 146 g/mol. The van der Waals surface area contributed by atoms with Crippen molar-refractivity contribution in [3.05, 3.63) is 11.9 Å². The summed E-state index contributed by atoms with van der Waals surface area (Å²) in [5, 5.41) is 0. The van der Waals surface area contributed by atoms with Gasteiger partial charge in [-0.25, -0.2) is 0 Å². The predicted molar refractivity (Wildman–Crippen MR) is 32.9 cm³/mol. The third-order valence-corrected chi connectivity index (χ3v) is 1.09. The highest BCUT2D eigenvalue weighted by atomic mass is 16.7. The molecule has 0 spiro atoms. The van der Waals surface area contributed by atoms with Gasteiger partial charge in [0.1, 0.15) is 13.2 Å². The van der Waals surface area contributed by atoms with Gasteiger partial charge in [0.2, 0.25) is 0 Å². The molecule has 4 heteroatoms. The van der Waals surface area contributed by atoms with Crippen LogP contribution in [-0.2, 0) is 18.9 Å². The second kappa shape index (κ2) is 3.20. The van der Waals surface area contributed by atoms with E-state index in [2.05, 4.69) is 0 Å². The Bertz CT molecular complexity index is 127. The van der Waals surface area contributed by atoms with Crippen molar-refractivity contribution in [3.8, 4) is 0 Å². The SMILES string of the molecule is COC(OC)=C1OCCO1. The molecule has 0 aromatic carbocycles. The fraction of sp³-hybridized carbons (Fsp3) is 0.667. The maximum Gasteiger partial charge on any atom is 0.364 e. The number of ether oxygens (including phenoxy) is 4. The molecule has 4 nitrogen and oxygen atoms in total. The van der Waals surface area contributed by atoms with Gasteiger partial charge < -0.3 is 18.9 Å². The maximum absolute atomic E-state index is 5.00. The summed E-state index contributed by atoms with van der Waals surface area (Å²) in [6, 6.07) is 0. The summed E-state index contributed by atoms with van der Waals surface area (Å²) in [7, 11) is 2.99. The zero-order chi connectivity index (χ0) is 7.40. The number of methoxy groups -OCH3 is 2. The van der Waals surface area contributed by atoms with Crippen molar-refractivity contribution >= 4 is 0 Å². The standard InChI is InChI=1S/C6H10O4/c1-7-5(8-2)6-9-3-4-10-6/h3-4H2,1-2H3. The Balaban J connectivity index is 2.59. The summed E-state index contributed by atoms with van der Waals surface area (Å²) in [4.78, 5) is 0. The van der Waals surface area contributed by atoms with Gasteiger partial charge in [0.15, 0.2) is 0 Å². The number of hydrogen-bond donors (Lipinski definition) is 0. The van der Waals surface area contributed by atoms with Gasteiger partial charge in [0, 0.05) is 0 Å². The van der Waals surface area contributed by atoms with Crippen molar-refractivity contribution in [1.82, 2.24) is 0 Å². The smallest absolute Gasteiger partial charge is 0.364 e. The Morgan fingerprint density at radius 2 is 1.70 bits per heavy atom. The number of rotatable bonds is 2. The molecule has 0 N–H and O–H groups in total. The van der Waals surface area contributed by atoms with Gasteiger partial charge in [0.25, 0.3) is 0 Å². The molecule has 0 radical (unpaired) electrons. The monoisotopic (exact) mass is 146 g/mol. The predicted octanol–water partition coefficient (Wildman–Crippen LogP) is 0.453. The molecule has 0 saturated carbocycles. The zero-order valence-corrected chi connectivity index (χ0v) is 6.05. The topological polar surface area (TPSA) is 36.9 Å². The molecule has 0 amide bonds. The van der Waals surface area contributed by atoms with E-state index in [0.29, 0.717) is 19.2 Å². The van der Waals surface area contributed by atoms with Crippen LogP contribution < -0.4 is 0 Å². The number of hydrogen-bond acceptors (Lipinski definition) is 4. The Morgan fingerprint density at radius 1 is 1.20 bits per heavy atom. The molecule has 0 atom stereocenters. The lowest BCUT2D eigenvalue weighted by atomic mass is 10.8. The van der Waals surface area contributed by atoms with Crippen molar-refractivity contribution in [1.29, 1.82) is 0 Å². The van der Waals surface area contributed by atoms with E-state index < -0.39 is 0 Å². The Hall–Kier alpha value is -1.06. The molecule has 1 heterocycles. The van der Waals surface area contributed by atoms with Crippen LogP contribution in [0.4, 0.5) is 0 Å². The van der Waals surface area contributed by atoms with Crippen LogP contribution in [-0.4, -0.2) is 27.4 Å². The van der Waals surface area contributed by atoms with E-state index >= 15 is 0 Å². The molecule has 1 saturated heterocycles. The molecule has 0 aromatic heterocycles. The lowest BCUT2D eigenvalue weighted by Crippen LogP contribution is -1.96. The minimum absolute atomic E-state index is 0.289. The second-order valence-electron chi connectivity index (χ2n) is 1.68. The first-order chi connectivity index (χ1) is 4.88. The molecule has 0 aromatic rings. The molecular weight excluding hydrogens is 136 g/mol. The van der Waals surface area contributed by atoms with Crippen LogP contribution in [0.3, 0.4) is 0 Å². The minimum atomic E-state index is 0.289. The molecule has 0 bridgehead atoms. The highest BCUT2D eigenvalue weighted by Gasteiger charge is 2.16. The van der Waals surface area contributed by atoms with Crippen molar-refractivity contribution in [2.24, 2.45) is 0 Å². The van der Waals surface area contributed by atoms with E-state index in [1.165, 1.54) is 14.2 Å². The van der Waals surface area contributed by atoms with Crippen LogP contribution in [0.2, 0.25) is 0 Å². The van der Waals surface area contributed by atoms with Crippen LogP contribution in [0.15, 0.2) is 11.9 Å². The molecule has 1 aliphatic heterocycles. The highest BCUT2D eigenvalue weighted by Crippen LogP contribution is 2.13. The largest absolute Gasteiger partial charge is 0.464 e. The summed E-state index contributed by atoms with van der Waals surface area (Å²) < 4.78 is 19.6. The summed E-state index contributed by atoms with van der Waals surface area (Å²) in [5.41, 5.74) is 0. The average Bonchev–Trinajstić information content (AvgIpc) is 2.43. The molecule has 58 valence electrons. The van der Waals surface area contributed by atoms with Crippen molar-refractivity contribution < 1.29 is 18.9 Å². The molecule has 0 unspecified atom stereocenters. The molecule has 1 aliphatic rings. The Labute approximate surface area is 59.3 Å². The van der Waals surface area contributed by atoms with Crippen molar-refractivity contribution in [2.75, 3.05) is 27.4 Å². The lowest BCUT2D eigenvalue weighted by molar-refractivity contribution is 0.0358. The first-order valence-corrected chi connectivity index (χ1v) is 2.96. The summed E-state index contributed by atoms with van der Waals surface area (Å²) in [6.45, 7) is 1.12. The normalized spacial score (nSPS) is 15.6. The van der Waals surface area contributed by atoms with E-state index in [9.17, 15) is 0 Å². The highest BCUT2D eigenvalue weighted by molar-refractivity contribution is 4.87. The Morgan fingerprint density at radius 3 is 2.10 bits per heavy atom. The third kappa shape index (κ3) is 1.26. The van der Waals surface area contributed by atoms with E-state index in [1.807, 2.05) is 0 Å². The van der Waals surface area contributed by atoms with Gasteiger partial charge in [-0.15, -0.1) is 0 Å². The zero-order valence-electron chi connectivity index (χ0n) is 6.05. The van der Waals surface area contributed by atoms with Gasteiger partial charge in [0.05, 0.1) is 14.2 Å². The summed E-state index contributed by atoms with van der Waals surface area (Å²) >= 11 is 0. The van der Waals surface area contributed by atoms with Gasteiger partial charge in [-0.1, -0.05) is 0 Å². The summed E-state index contributed by atoms with van der Waals surface area (Å²) in [5.74, 6) is 0.627. The van der Waals surface area contributed by atoms with Crippen LogP contribution in [0.1, 0.15) is 0 Å². The molecule has 0 aliphatic carbocycles. The van der Waals surface area contributed by atoms with Gasteiger partial charge in [-0.2, -0.15) is 0 Å². The Kier molecular flexibility index (Phi) is 2.25. The molecule has 10 heavy (non-hydrogen) atoms. The van der Waals surface area contributed by atoms with Gasteiger partial charge in [-0.05, 0) is 0 Å². The summed E-state index contributed by atoms with van der Waals surface area (Å²) in [6.07, 6.45) is 0. The van der Waals surface area contributed by atoms with Crippen LogP contribution in [0.25, 0.3) is 0 Å². The second-order valence-corrected chi connectivity index (χ2v) is 1.68. The van der Waals surface area contributed by atoms with E-state index in [1.54, 1.807) is 0 Å². The molecular formula is C6H10O4. The lowest BCUT2D eigenvalue weighted by Gasteiger charge is -2.04. The molecule has 1 rings (SSSR count). The van der Waals surface area contributed by atoms with Crippen LogP contribution >= 0.6 is 0 Å². The first-order valence-electron chi connectivity index (χ1n) is 2.96. The quantitative estimate of drug-likeness (QED) is 0.530. The minimum Gasteiger partial charge on any atom is -0.464 e. The third-order valence-electron chi connectivity index (χ3n) is 1.09. The van der Waals surface area contributed by atoms with Gasteiger partial charge >= 0.3 is 11.9 Å². The fourth-order valence-electron chi connectivity index (χ4n) is 0.678. The van der Waals surface area contributed by atoms with Crippen LogP contribution in [0, 0.1) is 0 Å². The van der Waals surface area contributed by atoms with Gasteiger partial charge in [-0.3, -0.25) is 0 Å².